The molecule has 1 saturated carbocycles. The van der Waals surface area contributed by atoms with Crippen LogP contribution in [0.25, 0.3) is 0 Å². The molecule has 1 aliphatic heterocycles. The van der Waals surface area contributed by atoms with Gasteiger partial charge < -0.3 is 15.4 Å². The van der Waals surface area contributed by atoms with Crippen molar-refractivity contribution in [3.63, 3.8) is 0 Å². The number of nitrogens with zero attached hydrogens (tertiary/aromatic N) is 1. The maximum absolute atomic E-state index is 12.1. The highest BCUT2D eigenvalue weighted by atomic mass is 16.5. The topological polar surface area (TPSA) is 70.7 Å². The van der Waals surface area contributed by atoms with Gasteiger partial charge in [0, 0.05) is 25.7 Å². The Bertz CT molecular complexity index is 630. The summed E-state index contributed by atoms with van der Waals surface area (Å²) in [6, 6.07) is 10.5. The van der Waals surface area contributed by atoms with E-state index in [1.807, 2.05) is 18.2 Å². The number of nitrogens with one attached hydrogen (secondary N) is 2. The summed E-state index contributed by atoms with van der Waals surface area (Å²) in [5.41, 5.74) is 1.23. The molecular formula is C23H35N3O3. The maximum Gasteiger partial charge on any atom is 0.309 e. The van der Waals surface area contributed by atoms with Crippen LogP contribution in [-0.4, -0.2) is 55.5 Å². The zero-order valence-electron chi connectivity index (χ0n) is 17.4. The van der Waals surface area contributed by atoms with Crippen LogP contribution in [0.2, 0.25) is 0 Å². The van der Waals surface area contributed by atoms with Crippen LogP contribution in [-0.2, 0) is 14.3 Å². The highest BCUT2D eigenvalue weighted by Crippen LogP contribution is 2.22. The van der Waals surface area contributed by atoms with Gasteiger partial charge in [-0.1, -0.05) is 56.0 Å². The fourth-order valence-corrected chi connectivity index (χ4v) is 4.19. The Balaban J connectivity index is 1.28. The van der Waals surface area contributed by atoms with Gasteiger partial charge in [-0.05, 0) is 37.8 Å². The van der Waals surface area contributed by atoms with Crippen LogP contribution in [0.1, 0.15) is 63.0 Å². The number of rotatable bonds is 7. The summed E-state index contributed by atoms with van der Waals surface area (Å²) in [5, 5.41) is 5.66. The molecule has 1 saturated heterocycles. The third-order valence-electron chi connectivity index (χ3n) is 5.91. The van der Waals surface area contributed by atoms with Crippen LogP contribution >= 0.6 is 0 Å². The molecule has 0 spiro atoms. The second kappa shape index (κ2) is 11.9. The van der Waals surface area contributed by atoms with E-state index in [0.717, 1.165) is 64.8 Å². The van der Waals surface area contributed by atoms with E-state index in [-0.39, 0.29) is 12.1 Å². The Hall–Kier alpha value is -1.92. The molecular weight excluding hydrogens is 366 g/mol. The molecule has 0 radical (unpaired) electrons. The van der Waals surface area contributed by atoms with E-state index in [4.69, 9.17) is 4.74 Å². The van der Waals surface area contributed by atoms with Gasteiger partial charge in [-0.3, -0.25) is 14.5 Å². The normalized spacial score (nSPS) is 21.3. The lowest BCUT2D eigenvalue weighted by Gasteiger charge is -2.33. The number of unbranched alkanes of at least 4 members (excludes halogenated alkanes) is 1. The minimum absolute atomic E-state index is 0.136. The number of hydrogen-bond donors (Lipinski definition) is 2. The molecule has 2 aliphatic rings. The SMILES string of the molecule is O=C(NCCCCN1CCO[C@@H](c2ccccc2)C1)C(=O)NC1CCCCCC1. The summed E-state index contributed by atoms with van der Waals surface area (Å²) >= 11 is 0. The lowest BCUT2D eigenvalue weighted by atomic mass is 10.1. The third-order valence-corrected chi connectivity index (χ3v) is 5.91. The molecule has 2 N–H and O–H groups in total. The Morgan fingerprint density at radius 3 is 2.52 bits per heavy atom. The number of benzene rings is 1. The summed E-state index contributed by atoms with van der Waals surface area (Å²) in [7, 11) is 0. The molecule has 6 heteroatoms. The maximum atomic E-state index is 12.1. The van der Waals surface area contributed by atoms with Crippen molar-refractivity contribution >= 4 is 11.8 Å². The van der Waals surface area contributed by atoms with Crippen LogP contribution < -0.4 is 10.6 Å². The zero-order valence-corrected chi connectivity index (χ0v) is 17.4. The molecule has 1 aromatic rings. The second-order valence-electron chi connectivity index (χ2n) is 8.20. The predicted molar refractivity (Wildman–Crippen MR) is 113 cm³/mol. The first-order valence-corrected chi connectivity index (χ1v) is 11.2. The van der Waals surface area contributed by atoms with Gasteiger partial charge in [0.2, 0.25) is 0 Å². The lowest BCUT2D eigenvalue weighted by Crippen LogP contribution is -2.44. The minimum atomic E-state index is -0.496. The summed E-state index contributed by atoms with van der Waals surface area (Å²) in [5.74, 6) is -0.972. The average Bonchev–Trinajstić information content (AvgIpc) is 3.03. The summed E-state index contributed by atoms with van der Waals surface area (Å²) in [4.78, 5) is 26.5. The smallest absolute Gasteiger partial charge is 0.309 e. The number of hydrogen-bond acceptors (Lipinski definition) is 4. The van der Waals surface area contributed by atoms with E-state index in [2.05, 4.69) is 27.7 Å². The molecule has 29 heavy (non-hydrogen) atoms. The first-order valence-electron chi connectivity index (χ1n) is 11.2. The fourth-order valence-electron chi connectivity index (χ4n) is 4.19. The number of amides is 2. The fraction of sp³-hybridized carbons (Fsp3) is 0.652. The van der Waals surface area contributed by atoms with E-state index < -0.39 is 11.8 Å². The van der Waals surface area contributed by atoms with Crippen molar-refractivity contribution in [2.24, 2.45) is 0 Å². The largest absolute Gasteiger partial charge is 0.371 e. The van der Waals surface area contributed by atoms with Gasteiger partial charge in [0.15, 0.2) is 0 Å². The number of carbonyl (C=O) groups is 2. The predicted octanol–water partition coefficient (Wildman–Crippen LogP) is 2.80. The minimum Gasteiger partial charge on any atom is -0.371 e. The monoisotopic (exact) mass is 401 g/mol. The highest BCUT2D eigenvalue weighted by Gasteiger charge is 2.22. The summed E-state index contributed by atoms with van der Waals surface area (Å²) in [6.45, 7) is 4.12. The number of morpholine rings is 1. The van der Waals surface area contributed by atoms with Crippen molar-refractivity contribution < 1.29 is 14.3 Å². The molecule has 1 aromatic carbocycles. The van der Waals surface area contributed by atoms with Gasteiger partial charge in [0.25, 0.3) is 0 Å². The second-order valence-corrected chi connectivity index (χ2v) is 8.20. The molecule has 1 heterocycles. The van der Waals surface area contributed by atoms with Gasteiger partial charge in [0.05, 0.1) is 12.7 Å². The van der Waals surface area contributed by atoms with Gasteiger partial charge in [-0.25, -0.2) is 0 Å². The van der Waals surface area contributed by atoms with E-state index in [9.17, 15) is 9.59 Å². The average molecular weight is 402 g/mol. The molecule has 1 aliphatic carbocycles. The highest BCUT2D eigenvalue weighted by molar-refractivity contribution is 6.35. The molecule has 3 rings (SSSR count). The van der Waals surface area contributed by atoms with Crippen LogP contribution in [0.3, 0.4) is 0 Å². The number of ether oxygens (including phenoxy) is 1. The number of carbonyl (C=O) groups excluding carboxylic acids is 2. The van der Waals surface area contributed by atoms with Gasteiger partial charge >= 0.3 is 11.8 Å². The van der Waals surface area contributed by atoms with Crippen LogP contribution in [0.15, 0.2) is 30.3 Å². The van der Waals surface area contributed by atoms with E-state index in [1.54, 1.807) is 0 Å². The van der Waals surface area contributed by atoms with E-state index in [0.29, 0.717) is 6.54 Å². The molecule has 160 valence electrons. The summed E-state index contributed by atoms with van der Waals surface area (Å²) < 4.78 is 5.91. The van der Waals surface area contributed by atoms with Crippen molar-refractivity contribution in [2.75, 3.05) is 32.8 Å². The molecule has 2 amide bonds. The van der Waals surface area contributed by atoms with E-state index in [1.165, 1.54) is 18.4 Å². The van der Waals surface area contributed by atoms with Crippen molar-refractivity contribution in [3.05, 3.63) is 35.9 Å². The van der Waals surface area contributed by atoms with Gasteiger partial charge in [0.1, 0.15) is 0 Å². The molecule has 0 aromatic heterocycles. The molecule has 0 bridgehead atoms. The summed E-state index contributed by atoms with van der Waals surface area (Å²) in [6.07, 6.45) is 8.71. The van der Waals surface area contributed by atoms with Crippen molar-refractivity contribution in [3.8, 4) is 0 Å². The third kappa shape index (κ3) is 7.44. The van der Waals surface area contributed by atoms with Crippen molar-refractivity contribution in [1.29, 1.82) is 0 Å². The molecule has 1 atom stereocenters. The lowest BCUT2D eigenvalue weighted by molar-refractivity contribution is -0.139. The first-order chi connectivity index (χ1) is 14.2. The van der Waals surface area contributed by atoms with Crippen LogP contribution in [0, 0.1) is 0 Å². The van der Waals surface area contributed by atoms with Crippen LogP contribution in [0.4, 0.5) is 0 Å². The van der Waals surface area contributed by atoms with Crippen molar-refractivity contribution in [1.82, 2.24) is 15.5 Å². The molecule has 2 fully saturated rings. The first kappa shape index (κ1) is 21.8. The molecule has 0 unspecified atom stereocenters. The van der Waals surface area contributed by atoms with Gasteiger partial charge in [-0.2, -0.15) is 0 Å². The molecule has 6 nitrogen and oxygen atoms in total. The van der Waals surface area contributed by atoms with Crippen LogP contribution in [0.5, 0.6) is 0 Å². The standard InChI is InChI=1S/C23H35N3O3/c27-22(23(28)25-20-12-6-1-2-7-13-20)24-14-8-9-15-26-16-17-29-21(18-26)19-10-4-3-5-11-19/h3-5,10-11,20-21H,1-2,6-9,12-18H2,(H,24,27)(H,25,28)/t21-/m1/s1. The van der Waals surface area contributed by atoms with Crippen molar-refractivity contribution in [2.45, 2.75) is 63.5 Å². The Kier molecular flexibility index (Phi) is 8.96. The quantitative estimate of drug-likeness (QED) is 0.419. The van der Waals surface area contributed by atoms with E-state index >= 15 is 0 Å². The zero-order chi connectivity index (χ0) is 20.3. The van der Waals surface area contributed by atoms with Gasteiger partial charge in [-0.15, -0.1) is 0 Å². The Morgan fingerprint density at radius 2 is 1.76 bits per heavy atom. The Morgan fingerprint density at radius 1 is 1.00 bits per heavy atom. The Labute approximate surface area is 174 Å².